The van der Waals surface area contributed by atoms with Gasteiger partial charge in [0, 0.05) is 25.1 Å². The van der Waals surface area contributed by atoms with Gasteiger partial charge in [-0.05, 0) is 31.9 Å². The third-order valence-electron chi connectivity index (χ3n) is 3.98. The third kappa shape index (κ3) is 2.84. The number of likely N-dealkylation sites (N-methyl/N-ethyl adjacent to an activating group) is 1. The molecule has 3 rings (SSSR count). The molecule has 2 heterocycles. The van der Waals surface area contributed by atoms with Crippen LogP contribution in [0.25, 0.3) is 10.9 Å². The summed E-state index contributed by atoms with van der Waals surface area (Å²) in [7, 11) is 0. The summed E-state index contributed by atoms with van der Waals surface area (Å²) in [5, 5.41) is 10.3. The number of fused-ring (bicyclic) bond motifs is 1. The van der Waals surface area contributed by atoms with Crippen molar-refractivity contribution in [2.24, 2.45) is 0 Å². The first-order valence-corrected chi connectivity index (χ1v) is 7.48. The van der Waals surface area contributed by atoms with Crippen LogP contribution in [0.4, 0.5) is 5.82 Å². The van der Waals surface area contributed by atoms with Crippen molar-refractivity contribution < 1.29 is 4.74 Å². The highest BCUT2D eigenvalue weighted by Gasteiger charge is 2.20. The molecule has 1 aliphatic heterocycles. The Morgan fingerprint density at radius 2 is 2.29 bits per heavy atom. The summed E-state index contributed by atoms with van der Waals surface area (Å²) < 4.78 is 5.72. The zero-order valence-corrected chi connectivity index (χ0v) is 12.2. The average Bonchev–Trinajstić information content (AvgIpc) is 3.04. The molecule has 1 saturated heterocycles. The van der Waals surface area contributed by atoms with Crippen LogP contribution < -0.4 is 4.90 Å². The lowest BCUT2D eigenvalue weighted by atomic mass is 10.1. The minimum atomic E-state index is 0.281. The molecule has 1 fully saturated rings. The first kappa shape index (κ1) is 13.8. The maximum Gasteiger partial charge on any atom is 0.130 e. The van der Waals surface area contributed by atoms with E-state index < -0.39 is 0 Å². The van der Waals surface area contributed by atoms with Crippen LogP contribution in [0.3, 0.4) is 0 Å². The van der Waals surface area contributed by atoms with Gasteiger partial charge >= 0.3 is 0 Å². The Balaban J connectivity index is 1.96. The predicted molar refractivity (Wildman–Crippen MR) is 83.3 cm³/mol. The number of rotatable bonds is 4. The van der Waals surface area contributed by atoms with Crippen molar-refractivity contribution in [1.82, 2.24) is 4.98 Å². The van der Waals surface area contributed by atoms with Gasteiger partial charge in [-0.1, -0.05) is 18.2 Å². The monoisotopic (exact) mass is 281 g/mol. The molecule has 4 heteroatoms. The van der Waals surface area contributed by atoms with Crippen LogP contribution in [0, 0.1) is 11.3 Å². The molecule has 1 aromatic carbocycles. The summed E-state index contributed by atoms with van der Waals surface area (Å²) in [5.74, 6) is 0.864. The quantitative estimate of drug-likeness (QED) is 0.864. The Hall–Kier alpha value is -2.12. The van der Waals surface area contributed by atoms with Crippen molar-refractivity contribution in [1.29, 1.82) is 5.26 Å². The van der Waals surface area contributed by atoms with Crippen LogP contribution in [-0.4, -0.2) is 30.8 Å². The summed E-state index contributed by atoms with van der Waals surface area (Å²) >= 11 is 0. The Bertz CT molecular complexity index is 671. The predicted octanol–water partition coefficient (Wildman–Crippen LogP) is 3.11. The van der Waals surface area contributed by atoms with E-state index in [0.717, 1.165) is 49.3 Å². The van der Waals surface area contributed by atoms with Gasteiger partial charge in [-0.3, -0.25) is 0 Å². The molecule has 1 unspecified atom stereocenters. The van der Waals surface area contributed by atoms with E-state index in [1.54, 1.807) is 0 Å². The van der Waals surface area contributed by atoms with E-state index in [1.807, 2.05) is 30.3 Å². The lowest BCUT2D eigenvalue weighted by molar-refractivity contribution is 0.115. The molecule has 0 bridgehead atoms. The van der Waals surface area contributed by atoms with Gasteiger partial charge < -0.3 is 9.64 Å². The molecule has 4 nitrogen and oxygen atoms in total. The van der Waals surface area contributed by atoms with E-state index >= 15 is 0 Å². The fourth-order valence-corrected chi connectivity index (χ4v) is 2.83. The number of para-hydroxylation sites is 1. The number of benzene rings is 1. The van der Waals surface area contributed by atoms with E-state index in [9.17, 15) is 5.26 Å². The SMILES string of the molecule is CCN(CC1CCCO1)c1cc(C#N)c2ccccc2n1. The number of anilines is 1. The van der Waals surface area contributed by atoms with Gasteiger partial charge in [0.25, 0.3) is 0 Å². The molecule has 21 heavy (non-hydrogen) atoms. The molecule has 1 atom stereocenters. The second kappa shape index (κ2) is 6.11. The lowest BCUT2D eigenvalue weighted by Crippen LogP contribution is -2.32. The number of pyridine rings is 1. The summed E-state index contributed by atoms with van der Waals surface area (Å²) in [6.45, 7) is 4.66. The minimum Gasteiger partial charge on any atom is -0.376 e. The van der Waals surface area contributed by atoms with Crippen LogP contribution in [-0.2, 0) is 4.74 Å². The van der Waals surface area contributed by atoms with Gasteiger partial charge in [0.15, 0.2) is 0 Å². The van der Waals surface area contributed by atoms with E-state index in [0.29, 0.717) is 5.56 Å². The first-order valence-electron chi connectivity index (χ1n) is 7.48. The second-order valence-corrected chi connectivity index (χ2v) is 5.33. The molecule has 1 aromatic heterocycles. The van der Waals surface area contributed by atoms with Crippen LogP contribution in [0.1, 0.15) is 25.3 Å². The van der Waals surface area contributed by atoms with Gasteiger partial charge in [0.1, 0.15) is 5.82 Å². The van der Waals surface area contributed by atoms with Crippen molar-refractivity contribution in [2.75, 3.05) is 24.6 Å². The molecule has 108 valence electrons. The minimum absolute atomic E-state index is 0.281. The van der Waals surface area contributed by atoms with Crippen molar-refractivity contribution >= 4 is 16.7 Å². The zero-order valence-electron chi connectivity index (χ0n) is 12.2. The molecule has 2 aromatic rings. The fourth-order valence-electron chi connectivity index (χ4n) is 2.83. The first-order chi connectivity index (χ1) is 10.3. The van der Waals surface area contributed by atoms with Gasteiger partial charge in [-0.25, -0.2) is 4.98 Å². The van der Waals surface area contributed by atoms with Crippen LogP contribution in [0.15, 0.2) is 30.3 Å². The summed E-state index contributed by atoms with van der Waals surface area (Å²) in [6.07, 6.45) is 2.52. The van der Waals surface area contributed by atoms with Gasteiger partial charge in [-0.2, -0.15) is 5.26 Å². The van der Waals surface area contributed by atoms with E-state index in [2.05, 4.69) is 17.9 Å². The smallest absolute Gasteiger partial charge is 0.130 e. The highest BCUT2D eigenvalue weighted by atomic mass is 16.5. The number of hydrogen-bond acceptors (Lipinski definition) is 4. The standard InChI is InChI=1S/C17H19N3O/c1-2-20(12-14-6-5-9-21-14)17-10-13(11-18)15-7-3-4-8-16(15)19-17/h3-4,7-8,10,14H,2,5-6,9,12H2,1H3. The molecule has 0 aliphatic carbocycles. The Labute approximate surface area is 125 Å². The number of ether oxygens (including phenoxy) is 1. The molecule has 0 saturated carbocycles. The van der Waals surface area contributed by atoms with E-state index in [-0.39, 0.29) is 6.10 Å². The van der Waals surface area contributed by atoms with Crippen molar-refractivity contribution in [2.45, 2.75) is 25.9 Å². The van der Waals surface area contributed by atoms with E-state index in [1.165, 1.54) is 0 Å². The lowest BCUT2D eigenvalue weighted by Gasteiger charge is -2.25. The number of nitrogens with zero attached hydrogens (tertiary/aromatic N) is 3. The molecule has 1 aliphatic rings. The summed E-state index contributed by atoms with van der Waals surface area (Å²) in [5.41, 5.74) is 1.55. The number of aromatic nitrogens is 1. The Kier molecular flexibility index (Phi) is 4.03. The molecule has 0 radical (unpaired) electrons. The van der Waals surface area contributed by atoms with Crippen LogP contribution in [0.5, 0.6) is 0 Å². The average molecular weight is 281 g/mol. The van der Waals surface area contributed by atoms with Crippen molar-refractivity contribution in [3.05, 3.63) is 35.9 Å². The van der Waals surface area contributed by atoms with Gasteiger partial charge in [0.2, 0.25) is 0 Å². The number of hydrogen-bond donors (Lipinski definition) is 0. The Morgan fingerprint density at radius 3 is 3.00 bits per heavy atom. The molecular weight excluding hydrogens is 262 g/mol. The van der Waals surface area contributed by atoms with Gasteiger partial charge in [0.05, 0.1) is 23.3 Å². The normalized spacial score (nSPS) is 17.8. The topological polar surface area (TPSA) is 49.1 Å². The number of nitriles is 1. The molecule has 0 N–H and O–H groups in total. The molecular formula is C17H19N3O. The fraction of sp³-hybridized carbons (Fsp3) is 0.412. The maximum atomic E-state index is 9.38. The zero-order chi connectivity index (χ0) is 14.7. The highest BCUT2D eigenvalue weighted by Crippen LogP contribution is 2.24. The van der Waals surface area contributed by atoms with Crippen molar-refractivity contribution in [3.63, 3.8) is 0 Å². The molecule has 0 spiro atoms. The summed E-state index contributed by atoms with van der Waals surface area (Å²) in [4.78, 5) is 6.91. The van der Waals surface area contributed by atoms with Gasteiger partial charge in [-0.15, -0.1) is 0 Å². The third-order valence-corrected chi connectivity index (χ3v) is 3.98. The highest BCUT2D eigenvalue weighted by molar-refractivity contribution is 5.86. The summed E-state index contributed by atoms with van der Waals surface area (Å²) in [6, 6.07) is 12.0. The maximum absolute atomic E-state index is 9.38. The van der Waals surface area contributed by atoms with Crippen LogP contribution in [0.2, 0.25) is 0 Å². The Morgan fingerprint density at radius 1 is 1.43 bits per heavy atom. The second-order valence-electron chi connectivity index (χ2n) is 5.33. The molecule has 0 amide bonds. The van der Waals surface area contributed by atoms with Crippen molar-refractivity contribution in [3.8, 4) is 6.07 Å². The largest absolute Gasteiger partial charge is 0.376 e. The van der Waals surface area contributed by atoms with Crippen LogP contribution >= 0.6 is 0 Å². The van der Waals surface area contributed by atoms with E-state index in [4.69, 9.17) is 9.72 Å².